The zero-order valence-electron chi connectivity index (χ0n) is 15.5. The van der Waals surface area contributed by atoms with Crippen molar-refractivity contribution in [3.05, 3.63) is 0 Å². The van der Waals surface area contributed by atoms with Crippen LogP contribution in [0.2, 0.25) is 0 Å². The van der Waals surface area contributed by atoms with E-state index in [4.69, 9.17) is 4.74 Å². The van der Waals surface area contributed by atoms with E-state index in [1.54, 1.807) is 0 Å². The average Bonchev–Trinajstić information content (AvgIpc) is 3.42. The van der Waals surface area contributed by atoms with Crippen LogP contribution >= 0.6 is 0 Å². The van der Waals surface area contributed by atoms with Crippen molar-refractivity contribution in [2.24, 2.45) is 11.8 Å². The molecule has 2 N–H and O–H groups in total. The Hall–Kier alpha value is -1.14. The molecule has 0 spiro atoms. The second-order valence-electron chi connectivity index (χ2n) is 8.05. The molecule has 2 atom stereocenters. The van der Waals surface area contributed by atoms with E-state index < -0.39 is 0 Å². The van der Waals surface area contributed by atoms with Crippen molar-refractivity contribution in [1.29, 1.82) is 0 Å². The Labute approximate surface area is 151 Å². The van der Waals surface area contributed by atoms with Crippen LogP contribution in [0.5, 0.6) is 0 Å². The maximum atomic E-state index is 12.7. The number of carbonyl (C=O) groups excluding carboxylic acids is 2. The molecule has 0 radical (unpaired) electrons. The highest BCUT2D eigenvalue weighted by Gasteiger charge is 2.29. The summed E-state index contributed by atoms with van der Waals surface area (Å²) < 4.78 is 5.35. The fraction of sp³-hybridized carbons (Fsp3) is 0.895. The summed E-state index contributed by atoms with van der Waals surface area (Å²) in [6.07, 6.45) is 7.59. The lowest BCUT2D eigenvalue weighted by Gasteiger charge is -2.26. The number of amides is 2. The molecule has 3 rings (SSSR count). The number of ether oxygens (including phenoxy) is 1. The van der Waals surface area contributed by atoms with E-state index in [1.807, 2.05) is 11.9 Å². The lowest BCUT2D eigenvalue weighted by molar-refractivity contribution is -0.136. The Morgan fingerprint density at radius 3 is 2.60 bits per heavy atom. The van der Waals surface area contributed by atoms with Crippen LogP contribution in [0.15, 0.2) is 0 Å². The SMILES string of the molecule is CN1C[C@H](NCC2CC2)CCC[C@@H](C(=O)NC2CCOCC2)CC1=O. The molecular formula is C19H33N3O3. The van der Waals surface area contributed by atoms with Gasteiger partial charge in [-0.2, -0.15) is 0 Å². The number of rotatable bonds is 5. The Morgan fingerprint density at radius 1 is 1.12 bits per heavy atom. The van der Waals surface area contributed by atoms with Crippen molar-refractivity contribution in [3.63, 3.8) is 0 Å². The lowest BCUT2D eigenvalue weighted by Crippen LogP contribution is -2.44. The van der Waals surface area contributed by atoms with Gasteiger partial charge in [0.25, 0.3) is 0 Å². The van der Waals surface area contributed by atoms with Crippen LogP contribution in [-0.2, 0) is 14.3 Å². The molecule has 25 heavy (non-hydrogen) atoms. The highest BCUT2D eigenvalue weighted by molar-refractivity contribution is 5.86. The first-order valence-corrected chi connectivity index (χ1v) is 9.97. The summed E-state index contributed by atoms with van der Waals surface area (Å²) in [5.74, 6) is 0.789. The molecule has 2 saturated heterocycles. The second-order valence-corrected chi connectivity index (χ2v) is 8.05. The molecule has 0 bridgehead atoms. The van der Waals surface area contributed by atoms with Gasteiger partial charge in [-0.05, 0) is 51.0 Å². The fourth-order valence-electron chi connectivity index (χ4n) is 3.81. The van der Waals surface area contributed by atoms with Crippen LogP contribution in [-0.4, -0.2) is 62.1 Å². The molecule has 0 aromatic carbocycles. The van der Waals surface area contributed by atoms with E-state index in [1.165, 1.54) is 12.8 Å². The van der Waals surface area contributed by atoms with Crippen molar-refractivity contribution in [2.45, 2.75) is 63.5 Å². The molecule has 142 valence electrons. The van der Waals surface area contributed by atoms with Gasteiger partial charge < -0.3 is 20.3 Å². The normalized spacial score (nSPS) is 29.6. The van der Waals surface area contributed by atoms with E-state index in [0.717, 1.165) is 51.1 Å². The number of likely N-dealkylation sites (N-methyl/N-ethyl adjacent to an activating group) is 1. The largest absolute Gasteiger partial charge is 0.381 e. The highest BCUT2D eigenvalue weighted by Crippen LogP contribution is 2.28. The predicted molar refractivity (Wildman–Crippen MR) is 96.1 cm³/mol. The summed E-state index contributed by atoms with van der Waals surface area (Å²) in [6, 6.07) is 0.557. The quantitative estimate of drug-likeness (QED) is 0.783. The molecule has 0 unspecified atom stereocenters. The molecule has 6 heteroatoms. The Bertz CT molecular complexity index is 461. The van der Waals surface area contributed by atoms with E-state index in [2.05, 4.69) is 10.6 Å². The molecule has 1 aliphatic carbocycles. The van der Waals surface area contributed by atoms with Gasteiger partial charge in [0.1, 0.15) is 0 Å². The van der Waals surface area contributed by atoms with Crippen LogP contribution in [0, 0.1) is 11.8 Å². The molecule has 3 fully saturated rings. The van der Waals surface area contributed by atoms with Gasteiger partial charge in [-0.3, -0.25) is 9.59 Å². The van der Waals surface area contributed by atoms with Crippen molar-refractivity contribution in [2.75, 3.05) is 33.4 Å². The monoisotopic (exact) mass is 351 g/mol. The highest BCUT2D eigenvalue weighted by atomic mass is 16.5. The molecule has 2 amide bonds. The Morgan fingerprint density at radius 2 is 1.88 bits per heavy atom. The van der Waals surface area contributed by atoms with Crippen LogP contribution in [0.25, 0.3) is 0 Å². The summed E-state index contributed by atoms with van der Waals surface area (Å²) in [6.45, 7) is 3.25. The van der Waals surface area contributed by atoms with Gasteiger partial charge in [-0.25, -0.2) is 0 Å². The van der Waals surface area contributed by atoms with Crippen molar-refractivity contribution in [1.82, 2.24) is 15.5 Å². The molecule has 0 aromatic heterocycles. The van der Waals surface area contributed by atoms with Crippen molar-refractivity contribution >= 4 is 11.8 Å². The number of nitrogens with zero attached hydrogens (tertiary/aromatic N) is 1. The summed E-state index contributed by atoms with van der Waals surface area (Å²) >= 11 is 0. The summed E-state index contributed by atoms with van der Waals surface area (Å²) in [5.41, 5.74) is 0. The minimum atomic E-state index is -0.194. The van der Waals surface area contributed by atoms with E-state index >= 15 is 0 Å². The maximum absolute atomic E-state index is 12.7. The smallest absolute Gasteiger partial charge is 0.223 e. The van der Waals surface area contributed by atoms with Crippen molar-refractivity contribution < 1.29 is 14.3 Å². The first kappa shape index (κ1) is 18.6. The number of carbonyl (C=O) groups is 2. The molecule has 3 aliphatic rings. The van der Waals surface area contributed by atoms with E-state index in [9.17, 15) is 9.59 Å². The van der Waals surface area contributed by atoms with E-state index in [-0.39, 0.29) is 23.8 Å². The zero-order valence-corrected chi connectivity index (χ0v) is 15.5. The first-order valence-electron chi connectivity index (χ1n) is 9.97. The molecule has 0 aromatic rings. The van der Waals surface area contributed by atoms with Gasteiger partial charge in [0.2, 0.25) is 11.8 Å². The molecule has 6 nitrogen and oxygen atoms in total. The lowest BCUT2D eigenvalue weighted by atomic mass is 9.95. The van der Waals surface area contributed by atoms with Crippen LogP contribution in [0.1, 0.15) is 51.4 Å². The van der Waals surface area contributed by atoms with Crippen LogP contribution in [0.4, 0.5) is 0 Å². The average molecular weight is 351 g/mol. The standard InChI is InChI=1S/C19H33N3O3/c1-22-13-17(20-12-14-5-6-14)4-2-3-15(11-18(22)23)19(24)21-16-7-9-25-10-8-16/h14-17,20H,2-13H2,1H3,(H,21,24)/t15-,17-/m1/s1. The van der Waals surface area contributed by atoms with Gasteiger partial charge in [-0.15, -0.1) is 0 Å². The number of nitrogens with one attached hydrogen (secondary N) is 2. The zero-order chi connectivity index (χ0) is 17.6. The summed E-state index contributed by atoms with van der Waals surface area (Å²) in [5, 5.41) is 6.78. The first-order chi connectivity index (χ1) is 12.1. The van der Waals surface area contributed by atoms with Crippen molar-refractivity contribution in [3.8, 4) is 0 Å². The second kappa shape index (κ2) is 8.99. The van der Waals surface area contributed by atoms with Gasteiger partial charge in [0, 0.05) is 51.2 Å². The maximum Gasteiger partial charge on any atom is 0.223 e. The summed E-state index contributed by atoms with van der Waals surface area (Å²) in [4.78, 5) is 27.0. The minimum Gasteiger partial charge on any atom is -0.381 e. The third kappa shape index (κ3) is 5.96. The van der Waals surface area contributed by atoms with Gasteiger partial charge in [-0.1, -0.05) is 6.42 Å². The van der Waals surface area contributed by atoms with Crippen LogP contribution in [0.3, 0.4) is 0 Å². The number of hydrogen-bond acceptors (Lipinski definition) is 4. The molecular weight excluding hydrogens is 318 g/mol. The predicted octanol–water partition coefficient (Wildman–Crippen LogP) is 1.30. The third-order valence-corrected chi connectivity index (χ3v) is 5.78. The summed E-state index contributed by atoms with van der Waals surface area (Å²) in [7, 11) is 1.87. The molecule has 2 aliphatic heterocycles. The Balaban J connectivity index is 1.52. The van der Waals surface area contributed by atoms with Gasteiger partial charge in [0.05, 0.1) is 0 Å². The van der Waals surface area contributed by atoms with Gasteiger partial charge in [0.15, 0.2) is 0 Å². The molecule has 2 heterocycles. The molecule has 1 saturated carbocycles. The third-order valence-electron chi connectivity index (χ3n) is 5.78. The van der Waals surface area contributed by atoms with Gasteiger partial charge >= 0.3 is 0 Å². The number of hydrogen-bond donors (Lipinski definition) is 2. The van der Waals surface area contributed by atoms with E-state index in [0.29, 0.717) is 25.7 Å². The van der Waals surface area contributed by atoms with Crippen LogP contribution < -0.4 is 10.6 Å². The Kier molecular flexibility index (Phi) is 6.70. The minimum absolute atomic E-state index is 0.0537. The topological polar surface area (TPSA) is 70.7 Å². The fourth-order valence-corrected chi connectivity index (χ4v) is 3.81.